The van der Waals surface area contributed by atoms with Gasteiger partial charge in [0.25, 0.3) is 5.91 Å². The number of aromatic nitrogens is 2. The maximum absolute atomic E-state index is 13.1. The molecule has 0 unspecified atom stereocenters. The van der Waals surface area contributed by atoms with E-state index in [1.54, 1.807) is 25.1 Å². The second-order valence-corrected chi connectivity index (χ2v) is 12.3. The summed E-state index contributed by atoms with van der Waals surface area (Å²) >= 11 is 0. The van der Waals surface area contributed by atoms with Gasteiger partial charge in [0.05, 0.1) is 11.9 Å². The van der Waals surface area contributed by atoms with Crippen LogP contribution >= 0.6 is 0 Å². The van der Waals surface area contributed by atoms with Gasteiger partial charge in [-0.1, -0.05) is 25.8 Å². The van der Waals surface area contributed by atoms with Crippen molar-refractivity contribution in [3.63, 3.8) is 0 Å². The van der Waals surface area contributed by atoms with Crippen molar-refractivity contribution in [3.05, 3.63) is 51.4 Å². The highest BCUT2D eigenvalue weighted by Crippen LogP contribution is 2.36. The number of hydrogen-bond donors (Lipinski definition) is 3. The average Bonchev–Trinajstić information content (AvgIpc) is 3.37. The van der Waals surface area contributed by atoms with Gasteiger partial charge in [-0.3, -0.25) is 9.79 Å². The maximum atomic E-state index is 13.1. The van der Waals surface area contributed by atoms with E-state index in [9.17, 15) is 23.1 Å². The van der Waals surface area contributed by atoms with Gasteiger partial charge in [-0.15, -0.1) is 0 Å². The van der Waals surface area contributed by atoms with E-state index in [4.69, 9.17) is 4.99 Å². The first kappa shape index (κ1) is 25.5. The first-order valence-electron chi connectivity index (χ1n) is 12.8. The van der Waals surface area contributed by atoms with Crippen LogP contribution in [0.25, 0.3) is 11.8 Å². The number of amidine groups is 1. The number of rotatable bonds is 5. The second-order valence-electron chi connectivity index (χ2n) is 10.5. The number of piperidine rings is 1. The van der Waals surface area contributed by atoms with E-state index < -0.39 is 21.3 Å². The molecule has 10 nitrogen and oxygen atoms in total. The van der Waals surface area contributed by atoms with Gasteiger partial charge in [-0.05, 0) is 67.9 Å². The molecule has 11 heteroatoms. The molecule has 5 rings (SSSR count). The topological polar surface area (TPSA) is 137 Å². The third-order valence-electron chi connectivity index (χ3n) is 8.00. The Hall–Kier alpha value is -3.18. The van der Waals surface area contributed by atoms with Crippen LogP contribution in [-0.4, -0.2) is 57.8 Å². The monoisotopic (exact) mass is 527 g/mol. The van der Waals surface area contributed by atoms with E-state index >= 15 is 0 Å². The van der Waals surface area contributed by atoms with Crippen molar-refractivity contribution in [3.8, 4) is 11.6 Å². The molecule has 2 aliphatic heterocycles. The number of hydrogen-bond acceptors (Lipinski definition) is 6. The Kier molecular flexibility index (Phi) is 6.61. The number of nitrogens with one attached hydrogen (secondary N) is 2. The van der Waals surface area contributed by atoms with Crippen molar-refractivity contribution in [2.45, 2.75) is 57.9 Å². The lowest BCUT2D eigenvalue weighted by molar-refractivity contribution is -0.125. The Balaban J connectivity index is 1.26. The smallest absolute Gasteiger partial charge is 0.333 e. The summed E-state index contributed by atoms with van der Waals surface area (Å²) < 4.78 is 28.7. The van der Waals surface area contributed by atoms with Crippen LogP contribution in [-0.2, 0) is 14.8 Å². The Morgan fingerprint density at radius 1 is 1.14 bits per heavy atom. The highest BCUT2D eigenvalue weighted by Gasteiger charge is 2.48. The summed E-state index contributed by atoms with van der Waals surface area (Å²) in [6.07, 6.45) is 7.80. The number of aromatic hydroxyl groups is 1. The number of aromatic amines is 1. The average molecular weight is 528 g/mol. The Bertz CT molecular complexity index is 1420. The zero-order chi connectivity index (χ0) is 26.4. The molecule has 3 aliphatic rings. The van der Waals surface area contributed by atoms with Gasteiger partial charge in [0.2, 0.25) is 15.9 Å². The molecule has 1 amide bonds. The third kappa shape index (κ3) is 4.89. The number of aliphatic imine (C=N–C) groups is 1. The molecule has 0 atom stereocenters. The molecule has 0 bridgehead atoms. The van der Waals surface area contributed by atoms with Crippen LogP contribution in [0.2, 0.25) is 0 Å². The molecule has 3 N–H and O–H groups in total. The van der Waals surface area contributed by atoms with Crippen molar-refractivity contribution < 1.29 is 18.3 Å². The summed E-state index contributed by atoms with van der Waals surface area (Å²) in [7, 11) is -3.70. The van der Waals surface area contributed by atoms with Crippen molar-refractivity contribution in [1.29, 1.82) is 0 Å². The van der Waals surface area contributed by atoms with E-state index in [0.29, 0.717) is 35.9 Å². The first-order chi connectivity index (χ1) is 17.6. The molecule has 0 radical (unpaired) electrons. The number of nitrogens with zero attached hydrogens (tertiary/aromatic N) is 3. The molecule has 37 heavy (non-hydrogen) atoms. The van der Waals surface area contributed by atoms with E-state index in [-0.39, 0.29) is 24.9 Å². The van der Waals surface area contributed by atoms with Crippen molar-refractivity contribution in [2.75, 3.05) is 13.1 Å². The largest absolute Gasteiger partial charge is 0.493 e. The number of imidazole rings is 1. The number of carbonyl (C=O) groups excluding carboxylic acids is 1. The Labute approximate surface area is 216 Å². The number of carbonyl (C=O) groups is 1. The summed E-state index contributed by atoms with van der Waals surface area (Å²) in [5, 5.41) is 14.1. The Morgan fingerprint density at radius 3 is 2.46 bits per heavy atom. The zero-order valence-electron chi connectivity index (χ0n) is 21.1. The zero-order valence-corrected chi connectivity index (χ0v) is 21.9. The van der Waals surface area contributed by atoms with Crippen LogP contribution in [0.4, 0.5) is 0 Å². The van der Waals surface area contributed by atoms with Crippen LogP contribution in [0.1, 0.15) is 56.6 Å². The number of amides is 1. The van der Waals surface area contributed by atoms with Gasteiger partial charge in [0, 0.05) is 24.4 Å². The summed E-state index contributed by atoms with van der Waals surface area (Å²) in [4.78, 5) is 32.1. The lowest BCUT2D eigenvalue weighted by Gasteiger charge is -2.34. The SMILES string of the molecule is Cc1cc(-n2c(O)c[nH]c2=O)ccc1C=CS(=O)(=O)N1CCC2(CC1)N=C(C1CCC(C)CC1)NC2=O. The van der Waals surface area contributed by atoms with E-state index in [1.165, 1.54) is 22.0 Å². The van der Waals surface area contributed by atoms with Gasteiger partial charge in [-0.25, -0.2) is 17.8 Å². The van der Waals surface area contributed by atoms with Crippen LogP contribution in [0, 0.1) is 18.8 Å². The summed E-state index contributed by atoms with van der Waals surface area (Å²) in [5.41, 5.74) is 0.569. The van der Waals surface area contributed by atoms with E-state index in [0.717, 1.165) is 41.6 Å². The highest BCUT2D eigenvalue weighted by atomic mass is 32.2. The lowest BCUT2D eigenvalue weighted by atomic mass is 9.82. The number of H-pyrrole nitrogens is 1. The molecule has 1 saturated heterocycles. The first-order valence-corrected chi connectivity index (χ1v) is 14.3. The van der Waals surface area contributed by atoms with Crippen LogP contribution in [0.5, 0.6) is 5.88 Å². The van der Waals surface area contributed by atoms with Crippen LogP contribution in [0.15, 0.2) is 39.6 Å². The van der Waals surface area contributed by atoms with Gasteiger partial charge in [-0.2, -0.15) is 4.31 Å². The minimum Gasteiger partial charge on any atom is -0.493 e. The van der Waals surface area contributed by atoms with Crippen LogP contribution < -0.4 is 11.0 Å². The summed E-state index contributed by atoms with van der Waals surface area (Å²) in [6, 6.07) is 5.04. The van der Waals surface area contributed by atoms with Crippen molar-refractivity contribution in [2.24, 2.45) is 16.8 Å². The molecule has 1 aromatic heterocycles. The molecule has 1 saturated carbocycles. The van der Waals surface area contributed by atoms with Gasteiger partial charge in [0.1, 0.15) is 11.4 Å². The molecule has 2 fully saturated rings. The standard InChI is InChI=1S/C26H33N5O5S/c1-17-3-5-20(6-4-17)23-28-24(33)26(29-23)10-12-30(13-11-26)37(35,36)14-9-19-7-8-21(15-18(19)2)31-22(32)16-27-25(31)34/h7-9,14-17,20,32H,3-6,10-13H2,1-2H3,(H,27,34)(H,28,29,33). The fourth-order valence-electron chi connectivity index (χ4n) is 5.56. The number of aryl methyl sites for hydroxylation is 1. The normalized spacial score (nSPS) is 24.5. The highest BCUT2D eigenvalue weighted by molar-refractivity contribution is 7.92. The van der Waals surface area contributed by atoms with Crippen molar-refractivity contribution in [1.82, 2.24) is 19.2 Å². The second kappa shape index (κ2) is 9.60. The molecule has 3 heterocycles. The molecule has 1 aliphatic carbocycles. The lowest BCUT2D eigenvalue weighted by Crippen LogP contribution is -2.50. The van der Waals surface area contributed by atoms with E-state index in [2.05, 4.69) is 17.2 Å². The molecule has 2 aromatic rings. The predicted molar refractivity (Wildman–Crippen MR) is 141 cm³/mol. The van der Waals surface area contributed by atoms with Gasteiger partial charge >= 0.3 is 5.69 Å². The maximum Gasteiger partial charge on any atom is 0.333 e. The third-order valence-corrected chi connectivity index (χ3v) is 9.56. The fraction of sp³-hybridized carbons (Fsp3) is 0.500. The van der Waals surface area contributed by atoms with Gasteiger partial charge < -0.3 is 15.4 Å². The Morgan fingerprint density at radius 2 is 1.84 bits per heavy atom. The van der Waals surface area contributed by atoms with Gasteiger partial charge in [0.15, 0.2) is 0 Å². The minimum atomic E-state index is -3.70. The summed E-state index contributed by atoms with van der Waals surface area (Å²) in [5.74, 6) is 1.49. The molecular weight excluding hydrogens is 494 g/mol. The van der Waals surface area contributed by atoms with E-state index in [1.807, 2.05) is 0 Å². The minimum absolute atomic E-state index is 0.100. The fourth-order valence-corrected chi connectivity index (χ4v) is 6.74. The summed E-state index contributed by atoms with van der Waals surface area (Å²) in [6.45, 7) is 4.51. The quantitative estimate of drug-likeness (QED) is 0.549. The number of sulfonamides is 1. The number of benzene rings is 1. The van der Waals surface area contributed by atoms with Crippen LogP contribution in [0.3, 0.4) is 0 Å². The molecular formula is C26H33N5O5S. The van der Waals surface area contributed by atoms with Crippen molar-refractivity contribution >= 4 is 27.8 Å². The molecule has 1 aromatic carbocycles. The molecule has 1 spiro atoms. The predicted octanol–water partition coefficient (Wildman–Crippen LogP) is 2.67. The molecule has 198 valence electrons.